The average Bonchev–Trinajstić information content (AvgIpc) is 2.79. The quantitative estimate of drug-likeness (QED) is 0.778. The van der Waals surface area contributed by atoms with Crippen LogP contribution in [0.25, 0.3) is 0 Å². The second-order valence-corrected chi connectivity index (χ2v) is 7.89. The summed E-state index contributed by atoms with van der Waals surface area (Å²) >= 11 is 0. The first kappa shape index (κ1) is 20.4. The number of nitrogens with zero attached hydrogens (tertiary/aromatic N) is 4. The lowest BCUT2D eigenvalue weighted by atomic mass is 9.60. The van der Waals surface area contributed by atoms with Crippen LogP contribution in [0.4, 0.5) is 4.39 Å². The number of allylic oxidation sites excluding steroid dienone is 2. The zero-order valence-electron chi connectivity index (χ0n) is 16.8. The van der Waals surface area contributed by atoms with Crippen LogP contribution in [-0.2, 0) is 6.54 Å². The van der Waals surface area contributed by atoms with Gasteiger partial charge in [-0.15, -0.1) is 0 Å². The van der Waals surface area contributed by atoms with Gasteiger partial charge in [-0.3, -0.25) is 4.90 Å². The van der Waals surface area contributed by atoms with E-state index in [1.54, 1.807) is 12.1 Å². The maximum atomic E-state index is 14.1. The number of hydrogen-bond acceptors (Lipinski definition) is 5. The maximum Gasteiger partial charge on any atom is 0.204 e. The summed E-state index contributed by atoms with van der Waals surface area (Å²) in [6.07, 6.45) is 1.89. The van der Waals surface area contributed by atoms with Gasteiger partial charge in [0.05, 0.1) is 29.5 Å². The molecule has 2 unspecified atom stereocenters. The van der Waals surface area contributed by atoms with Crippen LogP contribution in [0.1, 0.15) is 17.0 Å². The molecule has 2 N–H and O–H groups in total. The van der Waals surface area contributed by atoms with Gasteiger partial charge in [-0.05, 0) is 28.8 Å². The monoisotopic (exact) mass is 409 g/mol. The first-order chi connectivity index (χ1) is 15.0. The van der Waals surface area contributed by atoms with Gasteiger partial charge in [0.25, 0.3) is 0 Å². The summed E-state index contributed by atoms with van der Waals surface area (Å²) in [6, 6.07) is 22.4. The molecule has 1 aliphatic carbocycles. The molecular weight excluding hydrogens is 389 g/mol. The van der Waals surface area contributed by atoms with Crippen molar-refractivity contribution >= 4 is 0 Å². The van der Waals surface area contributed by atoms with Gasteiger partial charge < -0.3 is 5.73 Å². The number of fused-ring (bicyclic) bond motifs is 1. The molecule has 31 heavy (non-hydrogen) atoms. The molecule has 0 saturated carbocycles. The first-order valence-electron chi connectivity index (χ1n) is 9.99. The summed E-state index contributed by atoms with van der Waals surface area (Å²) in [6.45, 7) is 1.76. The molecule has 5 nitrogen and oxygen atoms in total. The number of hydrogen-bond donors (Lipinski definition) is 1. The van der Waals surface area contributed by atoms with Gasteiger partial charge in [0, 0.05) is 31.5 Å². The standard InChI is InChI=1S/C25H20FN5/c26-19-8-4-7-18(11-19)23-20(12-27)24(30)25(15-28,16-29)22-9-10-31(14-21(22)23)13-17-5-2-1-3-6-17/h1-9,11,21,23H,10,13-14,30H2. The molecule has 0 aromatic heterocycles. The Hall–Kier alpha value is -3.92. The zero-order valence-corrected chi connectivity index (χ0v) is 16.8. The maximum absolute atomic E-state index is 14.1. The van der Waals surface area contributed by atoms with Gasteiger partial charge in [0.1, 0.15) is 5.82 Å². The molecule has 2 aromatic rings. The van der Waals surface area contributed by atoms with Crippen molar-refractivity contribution in [3.8, 4) is 18.2 Å². The van der Waals surface area contributed by atoms with Crippen LogP contribution in [0.15, 0.2) is 77.5 Å². The van der Waals surface area contributed by atoms with Crippen molar-refractivity contribution in [3.05, 3.63) is 94.5 Å². The van der Waals surface area contributed by atoms with Crippen LogP contribution >= 0.6 is 0 Å². The zero-order chi connectivity index (χ0) is 22.0. The molecule has 2 aliphatic rings. The first-order valence-corrected chi connectivity index (χ1v) is 9.99. The van der Waals surface area contributed by atoms with Crippen LogP contribution in [0.3, 0.4) is 0 Å². The van der Waals surface area contributed by atoms with Crippen LogP contribution in [0.2, 0.25) is 0 Å². The molecule has 2 aromatic carbocycles. The number of benzene rings is 2. The summed E-state index contributed by atoms with van der Waals surface area (Å²) < 4.78 is 14.1. The normalized spacial score (nSPS) is 22.5. The Morgan fingerprint density at radius 2 is 1.81 bits per heavy atom. The molecule has 4 rings (SSSR count). The lowest BCUT2D eigenvalue weighted by Crippen LogP contribution is -2.47. The Bertz CT molecular complexity index is 1180. The predicted octanol–water partition coefficient (Wildman–Crippen LogP) is 3.75. The van der Waals surface area contributed by atoms with E-state index in [0.29, 0.717) is 30.8 Å². The number of nitriles is 3. The smallest absolute Gasteiger partial charge is 0.204 e. The van der Waals surface area contributed by atoms with Crippen molar-refractivity contribution in [2.45, 2.75) is 12.5 Å². The minimum atomic E-state index is -1.68. The molecule has 0 bridgehead atoms. The Morgan fingerprint density at radius 3 is 2.45 bits per heavy atom. The van der Waals surface area contributed by atoms with Gasteiger partial charge in [-0.25, -0.2) is 4.39 Å². The lowest BCUT2D eigenvalue weighted by Gasteiger charge is -2.45. The lowest BCUT2D eigenvalue weighted by molar-refractivity contribution is 0.218. The number of halogens is 1. The third-order valence-corrected chi connectivity index (χ3v) is 6.18. The molecule has 1 heterocycles. The summed E-state index contributed by atoms with van der Waals surface area (Å²) in [5.41, 5.74) is 7.07. The summed E-state index contributed by atoms with van der Waals surface area (Å²) in [5.74, 6) is -1.28. The van der Waals surface area contributed by atoms with E-state index >= 15 is 0 Å². The van der Waals surface area contributed by atoms with E-state index in [1.807, 2.05) is 36.4 Å². The Morgan fingerprint density at radius 1 is 1.06 bits per heavy atom. The third kappa shape index (κ3) is 3.36. The fourth-order valence-electron chi connectivity index (χ4n) is 4.75. The van der Waals surface area contributed by atoms with Crippen molar-refractivity contribution < 1.29 is 4.39 Å². The van der Waals surface area contributed by atoms with E-state index in [0.717, 1.165) is 5.56 Å². The van der Waals surface area contributed by atoms with E-state index in [9.17, 15) is 20.2 Å². The molecule has 2 atom stereocenters. The third-order valence-electron chi connectivity index (χ3n) is 6.18. The van der Waals surface area contributed by atoms with Crippen molar-refractivity contribution in [1.29, 1.82) is 15.8 Å². The second-order valence-electron chi connectivity index (χ2n) is 7.89. The topological polar surface area (TPSA) is 101 Å². The van der Waals surface area contributed by atoms with Crippen molar-refractivity contribution in [2.24, 2.45) is 17.1 Å². The summed E-state index contributed by atoms with van der Waals surface area (Å²) in [7, 11) is 0. The second kappa shape index (κ2) is 8.07. The molecule has 0 spiro atoms. The van der Waals surface area contributed by atoms with Gasteiger partial charge >= 0.3 is 0 Å². The predicted molar refractivity (Wildman–Crippen MR) is 113 cm³/mol. The van der Waals surface area contributed by atoms with Gasteiger partial charge in [-0.2, -0.15) is 15.8 Å². The van der Waals surface area contributed by atoms with Crippen LogP contribution in [0.5, 0.6) is 0 Å². The Balaban J connectivity index is 1.84. The summed E-state index contributed by atoms with van der Waals surface area (Å²) in [5, 5.41) is 29.9. The van der Waals surface area contributed by atoms with Gasteiger partial charge in [0.2, 0.25) is 5.41 Å². The highest BCUT2D eigenvalue weighted by molar-refractivity contribution is 5.58. The van der Waals surface area contributed by atoms with E-state index in [-0.39, 0.29) is 17.2 Å². The van der Waals surface area contributed by atoms with E-state index in [2.05, 4.69) is 23.1 Å². The molecule has 0 amide bonds. The molecule has 0 fully saturated rings. The van der Waals surface area contributed by atoms with Crippen LogP contribution in [-0.4, -0.2) is 18.0 Å². The Labute approximate surface area is 180 Å². The number of nitrogens with two attached hydrogens (primary N) is 1. The van der Waals surface area contributed by atoms with E-state index in [4.69, 9.17) is 5.73 Å². The van der Waals surface area contributed by atoms with Crippen molar-refractivity contribution in [1.82, 2.24) is 4.90 Å². The van der Waals surface area contributed by atoms with Gasteiger partial charge in [0.15, 0.2) is 0 Å². The fraction of sp³-hybridized carbons (Fsp3) is 0.240. The fourth-order valence-corrected chi connectivity index (χ4v) is 4.75. The number of rotatable bonds is 3. The molecule has 6 heteroatoms. The van der Waals surface area contributed by atoms with Crippen molar-refractivity contribution in [2.75, 3.05) is 13.1 Å². The Kier molecular flexibility index (Phi) is 5.30. The SMILES string of the molecule is N#CC1=C(N)C(C#N)(C#N)C2=CCN(Cc3ccccc3)CC2C1c1cccc(F)c1. The van der Waals surface area contributed by atoms with Crippen molar-refractivity contribution in [3.63, 3.8) is 0 Å². The highest BCUT2D eigenvalue weighted by Gasteiger charge is 2.52. The molecular formula is C25H20FN5. The van der Waals surface area contributed by atoms with Crippen LogP contribution in [0, 0.1) is 51.1 Å². The highest BCUT2D eigenvalue weighted by Crippen LogP contribution is 2.52. The van der Waals surface area contributed by atoms with Crippen LogP contribution < -0.4 is 5.73 Å². The molecule has 0 saturated heterocycles. The minimum Gasteiger partial charge on any atom is -0.399 e. The van der Waals surface area contributed by atoms with E-state index in [1.165, 1.54) is 12.1 Å². The van der Waals surface area contributed by atoms with E-state index < -0.39 is 17.2 Å². The molecule has 1 aliphatic heterocycles. The minimum absolute atomic E-state index is 0.0479. The summed E-state index contributed by atoms with van der Waals surface area (Å²) in [4.78, 5) is 2.20. The largest absolute Gasteiger partial charge is 0.399 e. The molecule has 152 valence electrons. The van der Waals surface area contributed by atoms with Gasteiger partial charge in [-0.1, -0.05) is 48.5 Å². The molecule has 0 radical (unpaired) electrons. The highest BCUT2D eigenvalue weighted by atomic mass is 19.1. The average molecular weight is 409 g/mol.